The highest BCUT2D eigenvalue weighted by Gasteiger charge is 2.43. The highest BCUT2D eigenvalue weighted by atomic mass is 32.1. The van der Waals surface area contributed by atoms with Gasteiger partial charge in [0.15, 0.2) is 0 Å². The second-order valence-corrected chi connectivity index (χ2v) is 10.2. The average Bonchev–Trinajstić information content (AvgIpc) is 3.52. The maximum Gasteiger partial charge on any atom is 0.408 e. The number of carbonyl (C=O) groups is 3. The molecule has 1 aromatic carbocycles. The molecule has 2 N–H and O–H groups in total. The van der Waals surface area contributed by atoms with Crippen LogP contribution in [0.1, 0.15) is 76.1 Å². The van der Waals surface area contributed by atoms with E-state index in [1.807, 2.05) is 32.0 Å². The van der Waals surface area contributed by atoms with Gasteiger partial charge in [-0.25, -0.2) is 4.79 Å². The highest BCUT2D eigenvalue weighted by molar-refractivity contribution is 7.80. The van der Waals surface area contributed by atoms with E-state index < -0.39 is 23.8 Å². The minimum Gasteiger partial charge on any atom is -0.444 e. The van der Waals surface area contributed by atoms with Gasteiger partial charge in [-0.1, -0.05) is 42.7 Å². The van der Waals surface area contributed by atoms with Crippen molar-refractivity contribution >= 4 is 30.5 Å². The molecular formula is C25H39N3O4S. The topological polar surface area (TPSA) is 87.7 Å². The van der Waals surface area contributed by atoms with Gasteiger partial charge < -0.3 is 20.3 Å². The Morgan fingerprint density at radius 1 is 1.15 bits per heavy atom. The molecule has 3 amide bonds. The fraction of sp³-hybridized carbons (Fsp3) is 0.640. The van der Waals surface area contributed by atoms with E-state index >= 15 is 0 Å². The monoisotopic (exact) mass is 477 g/mol. The molecule has 0 radical (unpaired) electrons. The Morgan fingerprint density at radius 3 is 2.24 bits per heavy atom. The second-order valence-electron chi connectivity index (χ2n) is 9.83. The van der Waals surface area contributed by atoms with Crippen LogP contribution in [0.4, 0.5) is 4.79 Å². The molecule has 1 aliphatic rings. The molecule has 0 aliphatic heterocycles. The number of carbonyl (C=O) groups excluding carboxylic acids is 3. The lowest BCUT2D eigenvalue weighted by molar-refractivity contribution is -0.142. The largest absolute Gasteiger partial charge is 0.444 e. The van der Waals surface area contributed by atoms with Crippen molar-refractivity contribution < 1.29 is 19.1 Å². The fourth-order valence-corrected chi connectivity index (χ4v) is 4.02. The molecule has 2 rings (SSSR count). The molecule has 2 unspecified atom stereocenters. The maximum absolute atomic E-state index is 13.7. The molecule has 0 aromatic heterocycles. The number of rotatable bonds is 10. The van der Waals surface area contributed by atoms with Crippen LogP contribution in [-0.4, -0.2) is 52.8 Å². The quantitative estimate of drug-likeness (QED) is 0.350. The predicted octanol–water partition coefficient (Wildman–Crippen LogP) is 4.07. The zero-order chi connectivity index (χ0) is 24.8. The summed E-state index contributed by atoms with van der Waals surface area (Å²) in [5.74, 6) is -0.435. The average molecular weight is 478 g/mol. The minimum atomic E-state index is -0.902. The third-order valence-electron chi connectivity index (χ3n) is 5.28. The van der Waals surface area contributed by atoms with Gasteiger partial charge in [-0.3, -0.25) is 9.59 Å². The van der Waals surface area contributed by atoms with Crippen molar-refractivity contribution in [2.24, 2.45) is 0 Å². The van der Waals surface area contributed by atoms with Crippen molar-refractivity contribution in [3.05, 3.63) is 34.9 Å². The van der Waals surface area contributed by atoms with E-state index in [0.29, 0.717) is 6.54 Å². The van der Waals surface area contributed by atoms with Crippen LogP contribution >= 0.6 is 12.6 Å². The van der Waals surface area contributed by atoms with Crippen LogP contribution in [0.5, 0.6) is 0 Å². The van der Waals surface area contributed by atoms with E-state index in [1.54, 1.807) is 25.7 Å². The first-order valence-electron chi connectivity index (χ1n) is 11.7. The SMILES string of the molecule is CCCCNC(=O)C(c1cc(C)cc(C)c1)N(C(=O)C(CS)NC(=O)OC(C)(C)C)C1CC1. The van der Waals surface area contributed by atoms with Crippen molar-refractivity contribution in [1.29, 1.82) is 0 Å². The molecule has 184 valence electrons. The minimum absolute atomic E-state index is 0.0527. The lowest BCUT2D eigenvalue weighted by atomic mass is 9.98. The van der Waals surface area contributed by atoms with Crippen molar-refractivity contribution in [3.8, 4) is 0 Å². The van der Waals surface area contributed by atoms with Crippen molar-refractivity contribution in [3.63, 3.8) is 0 Å². The van der Waals surface area contributed by atoms with E-state index in [1.165, 1.54) is 0 Å². The Labute approximate surface area is 203 Å². The van der Waals surface area contributed by atoms with Crippen LogP contribution < -0.4 is 10.6 Å². The molecule has 0 saturated heterocycles. The lowest BCUT2D eigenvalue weighted by Gasteiger charge is -2.34. The summed E-state index contributed by atoms with van der Waals surface area (Å²) in [6.07, 6.45) is 2.78. The normalized spacial score (nSPS) is 15.4. The van der Waals surface area contributed by atoms with E-state index in [-0.39, 0.29) is 23.6 Å². The Bertz CT molecular complexity index is 828. The molecule has 1 saturated carbocycles. The fourth-order valence-electron chi connectivity index (χ4n) is 3.78. The molecule has 8 heteroatoms. The number of thiol groups is 1. The van der Waals surface area contributed by atoms with Crippen LogP contribution in [0.3, 0.4) is 0 Å². The van der Waals surface area contributed by atoms with Crippen LogP contribution in [0.15, 0.2) is 18.2 Å². The number of nitrogens with one attached hydrogen (secondary N) is 2. The maximum atomic E-state index is 13.7. The first-order chi connectivity index (χ1) is 15.5. The summed E-state index contributed by atoms with van der Waals surface area (Å²) in [6.45, 7) is 11.9. The van der Waals surface area contributed by atoms with Crippen LogP contribution in [0, 0.1) is 13.8 Å². The van der Waals surface area contributed by atoms with Gasteiger partial charge in [0.1, 0.15) is 17.7 Å². The molecular weight excluding hydrogens is 438 g/mol. The molecule has 0 spiro atoms. The highest BCUT2D eigenvalue weighted by Crippen LogP contribution is 2.36. The zero-order valence-electron chi connectivity index (χ0n) is 20.7. The number of aryl methyl sites for hydroxylation is 2. The number of amides is 3. The summed E-state index contributed by atoms with van der Waals surface area (Å²) in [7, 11) is 0. The van der Waals surface area contributed by atoms with Gasteiger partial charge in [0.25, 0.3) is 0 Å². The lowest BCUT2D eigenvalue weighted by Crippen LogP contribution is -2.54. The molecule has 1 aliphatic carbocycles. The van der Waals surface area contributed by atoms with E-state index in [2.05, 4.69) is 30.2 Å². The van der Waals surface area contributed by atoms with Gasteiger partial charge in [0, 0.05) is 18.3 Å². The third-order valence-corrected chi connectivity index (χ3v) is 5.65. The van der Waals surface area contributed by atoms with E-state index in [0.717, 1.165) is 42.4 Å². The molecule has 0 heterocycles. The summed E-state index contributed by atoms with van der Waals surface area (Å²) in [5.41, 5.74) is 2.14. The number of hydrogen-bond acceptors (Lipinski definition) is 5. The molecule has 2 atom stereocenters. The van der Waals surface area contributed by atoms with E-state index in [4.69, 9.17) is 4.74 Å². The number of alkyl carbamates (subject to hydrolysis) is 1. The summed E-state index contributed by atoms with van der Waals surface area (Å²) in [4.78, 5) is 41.1. The molecule has 33 heavy (non-hydrogen) atoms. The third kappa shape index (κ3) is 8.25. The van der Waals surface area contributed by atoms with Gasteiger partial charge in [-0.2, -0.15) is 12.6 Å². The Kier molecular flexibility index (Phi) is 9.64. The predicted molar refractivity (Wildman–Crippen MR) is 133 cm³/mol. The number of ether oxygens (including phenoxy) is 1. The summed E-state index contributed by atoms with van der Waals surface area (Å²) in [6, 6.07) is 4.22. The summed E-state index contributed by atoms with van der Waals surface area (Å²) in [5, 5.41) is 5.65. The molecule has 7 nitrogen and oxygen atoms in total. The van der Waals surface area contributed by atoms with Crippen molar-refractivity contribution in [1.82, 2.24) is 15.5 Å². The zero-order valence-corrected chi connectivity index (χ0v) is 21.6. The van der Waals surface area contributed by atoms with Gasteiger partial charge in [0.2, 0.25) is 11.8 Å². The second kappa shape index (κ2) is 11.8. The number of unbranched alkanes of at least 4 members (excludes halogenated alkanes) is 1. The van der Waals surface area contributed by atoms with E-state index in [9.17, 15) is 14.4 Å². The summed E-state index contributed by atoms with van der Waals surface area (Å²) >= 11 is 4.32. The molecule has 1 aromatic rings. The molecule has 0 bridgehead atoms. The number of hydrogen-bond donors (Lipinski definition) is 3. The number of benzene rings is 1. The van der Waals surface area contributed by atoms with Crippen molar-refractivity contribution in [2.75, 3.05) is 12.3 Å². The first-order valence-corrected chi connectivity index (χ1v) is 12.4. The Balaban J connectivity index is 2.38. The van der Waals surface area contributed by atoms with Crippen LogP contribution in [0.2, 0.25) is 0 Å². The first kappa shape index (κ1) is 27.0. The van der Waals surface area contributed by atoms with Gasteiger partial charge in [-0.15, -0.1) is 0 Å². The Morgan fingerprint density at radius 2 is 1.76 bits per heavy atom. The van der Waals surface area contributed by atoms with Gasteiger partial charge >= 0.3 is 6.09 Å². The van der Waals surface area contributed by atoms with Gasteiger partial charge in [0.05, 0.1) is 0 Å². The van der Waals surface area contributed by atoms with Crippen molar-refractivity contribution in [2.45, 2.75) is 91.0 Å². The van der Waals surface area contributed by atoms with Gasteiger partial charge in [-0.05, 0) is 59.4 Å². The standard InChI is InChI=1S/C25H39N3O4S/c1-7-8-11-26-22(29)21(18-13-16(2)12-17(3)14-18)28(19-9-10-19)23(30)20(15-33)27-24(31)32-25(4,5)6/h12-14,19-21,33H,7-11,15H2,1-6H3,(H,26,29)(H,27,31). The Hall–Kier alpha value is -2.22. The smallest absolute Gasteiger partial charge is 0.408 e. The van der Waals surface area contributed by atoms with Crippen LogP contribution in [-0.2, 0) is 14.3 Å². The number of nitrogens with zero attached hydrogens (tertiary/aromatic N) is 1. The molecule has 1 fully saturated rings. The van der Waals surface area contributed by atoms with Crippen LogP contribution in [0.25, 0.3) is 0 Å². The summed E-state index contributed by atoms with van der Waals surface area (Å²) < 4.78 is 5.33.